The number of ether oxygens (including phenoxy) is 1. The van der Waals surface area contributed by atoms with Crippen molar-refractivity contribution in [2.45, 2.75) is 26.7 Å². The molecule has 0 radical (unpaired) electrons. The first-order chi connectivity index (χ1) is 8.22. The number of nitrogens with one attached hydrogen (secondary N) is 1. The highest BCUT2D eigenvalue weighted by molar-refractivity contribution is 5.48. The fourth-order valence-corrected chi connectivity index (χ4v) is 1.36. The summed E-state index contributed by atoms with van der Waals surface area (Å²) < 4.78 is 5.56. The predicted octanol–water partition coefficient (Wildman–Crippen LogP) is 3.44. The molecule has 0 amide bonds. The van der Waals surface area contributed by atoms with Crippen LogP contribution >= 0.6 is 0 Å². The lowest BCUT2D eigenvalue weighted by Gasteiger charge is -2.11. The summed E-state index contributed by atoms with van der Waals surface area (Å²) in [6.07, 6.45) is 1.32. The van der Waals surface area contributed by atoms with Crippen LogP contribution in [0.4, 0.5) is 5.69 Å². The third-order valence-electron chi connectivity index (χ3n) is 2.25. The maximum atomic E-state index is 8.41. The summed E-state index contributed by atoms with van der Waals surface area (Å²) in [6.45, 7) is 5.91. The zero-order valence-electron chi connectivity index (χ0n) is 10.6. The molecular weight excluding hydrogens is 212 g/mol. The molecule has 1 aromatic carbocycles. The van der Waals surface area contributed by atoms with E-state index in [2.05, 4.69) is 25.2 Å². The maximum Gasteiger partial charge on any atom is 0.121 e. The summed E-state index contributed by atoms with van der Waals surface area (Å²) in [5, 5.41) is 11.8. The molecule has 0 aliphatic rings. The average Bonchev–Trinajstić information content (AvgIpc) is 2.33. The number of hydrogen-bond donors (Lipinski definition) is 1. The van der Waals surface area contributed by atoms with Gasteiger partial charge in [-0.2, -0.15) is 5.26 Å². The Morgan fingerprint density at radius 1 is 1.41 bits per heavy atom. The van der Waals surface area contributed by atoms with E-state index in [1.54, 1.807) is 0 Å². The van der Waals surface area contributed by atoms with Crippen molar-refractivity contribution in [1.82, 2.24) is 0 Å². The zero-order chi connectivity index (χ0) is 12.5. The van der Waals surface area contributed by atoms with E-state index in [0.717, 1.165) is 24.4 Å². The molecule has 0 bridgehead atoms. The first-order valence-corrected chi connectivity index (χ1v) is 6.06. The lowest BCUT2D eigenvalue weighted by Crippen LogP contribution is -2.07. The van der Waals surface area contributed by atoms with Crippen LogP contribution in [-0.4, -0.2) is 13.2 Å². The topological polar surface area (TPSA) is 45.0 Å². The van der Waals surface area contributed by atoms with Crippen LogP contribution in [0.3, 0.4) is 0 Å². The summed E-state index contributed by atoms with van der Waals surface area (Å²) in [6, 6.07) is 10.0. The van der Waals surface area contributed by atoms with Crippen molar-refractivity contribution in [3.8, 4) is 11.8 Å². The minimum absolute atomic E-state index is 0.547. The van der Waals surface area contributed by atoms with Gasteiger partial charge in [-0.25, -0.2) is 0 Å². The smallest absolute Gasteiger partial charge is 0.121 e. The van der Waals surface area contributed by atoms with Crippen LogP contribution in [0.1, 0.15) is 26.7 Å². The quantitative estimate of drug-likeness (QED) is 0.732. The second-order valence-electron chi connectivity index (χ2n) is 4.41. The van der Waals surface area contributed by atoms with Gasteiger partial charge in [-0.3, -0.25) is 0 Å². The molecule has 17 heavy (non-hydrogen) atoms. The largest absolute Gasteiger partial charge is 0.493 e. The Morgan fingerprint density at radius 3 is 2.94 bits per heavy atom. The van der Waals surface area contributed by atoms with Crippen molar-refractivity contribution < 1.29 is 4.74 Å². The molecule has 3 nitrogen and oxygen atoms in total. The standard InChI is InChI=1S/C14H20N2O/c1-12(2)11-16-13-6-5-7-14(10-13)17-9-4-3-8-15/h5-7,10,12,16H,3-4,9,11H2,1-2H3. The lowest BCUT2D eigenvalue weighted by atomic mass is 10.2. The minimum Gasteiger partial charge on any atom is -0.493 e. The van der Waals surface area contributed by atoms with Gasteiger partial charge in [0.2, 0.25) is 0 Å². The van der Waals surface area contributed by atoms with Gasteiger partial charge < -0.3 is 10.1 Å². The molecule has 0 aliphatic carbocycles. The zero-order valence-corrected chi connectivity index (χ0v) is 10.6. The van der Waals surface area contributed by atoms with Crippen LogP contribution in [0, 0.1) is 17.2 Å². The Morgan fingerprint density at radius 2 is 2.24 bits per heavy atom. The van der Waals surface area contributed by atoms with Crippen LogP contribution in [0.15, 0.2) is 24.3 Å². The normalized spacial score (nSPS) is 10.0. The minimum atomic E-state index is 0.547. The highest BCUT2D eigenvalue weighted by atomic mass is 16.5. The summed E-state index contributed by atoms with van der Waals surface area (Å²) in [7, 11) is 0. The third kappa shape index (κ3) is 5.82. The van der Waals surface area contributed by atoms with Gasteiger partial charge in [0.15, 0.2) is 0 Å². The highest BCUT2D eigenvalue weighted by Crippen LogP contribution is 2.17. The van der Waals surface area contributed by atoms with Crippen LogP contribution in [-0.2, 0) is 0 Å². The Hall–Kier alpha value is -1.69. The van der Waals surface area contributed by atoms with E-state index in [-0.39, 0.29) is 0 Å². The van der Waals surface area contributed by atoms with Crippen molar-refractivity contribution in [2.24, 2.45) is 5.92 Å². The van der Waals surface area contributed by atoms with Crippen molar-refractivity contribution in [3.63, 3.8) is 0 Å². The Bertz CT molecular complexity index is 369. The van der Waals surface area contributed by atoms with E-state index in [1.807, 2.05) is 24.3 Å². The second-order valence-corrected chi connectivity index (χ2v) is 4.41. The highest BCUT2D eigenvalue weighted by Gasteiger charge is 1.98. The van der Waals surface area contributed by atoms with Gasteiger partial charge in [-0.1, -0.05) is 19.9 Å². The monoisotopic (exact) mass is 232 g/mol. The van der Waals surface area contributed by atoms with Gasteiger partial charge in [0, 0.05) is 24.7 Å². The Labute approximate surface area is 103 Å². The van der Waals surface area contributed by atoms with Crippen LogP contribution in [0.25, 0.3) is 0 Å². The van der Waals surface area contributed by atoms with Gasteiger partial charge in [-0.05, 0) is 24.5 Å². The lowest BCUT2D eigenvalue weighted by molar-refractivity contribution is 0.313. The number of anilines is 1. The summed E-state index contributed by atoms with van der Waals surface area (Å²) in [5.41, 5.74) is 1.08. The molecule has 0 aliphatic heterocycles. The molecule has 92 valence electrons. The van der Waals surface area contributed by atoms with Gasteiger partial charge in [-0.15, -0.1) is 0 Å². The first-order valence-electron chi connectivity index (χ1n) is 6.06. The molecule has 0 saturated heterocycles. The van der Waals surface area contributed by atoms with E-state index in [0.29, 0.717) is 18.9 Å². The van der Waals surface area contributed by atoms with Gasteiger partial charge >= 0.3 is 0 Å². The van der Waals surface area contributed by atoms with Gasteiger partial charge in [0.1, 0.15) is 5.75 Å². The number of benzene rings is 1. The fourth-order valence-electron chi connectivity index (χ4n) is 1.36. The molecule has 1 N–H and O–H groups in total. The number of unbranched alkanes of at least 4 members (excludes halogenated alkanes) is 1. The van der Waals surface area contributed by atoms with E-state index in [1.165, 1.54) is 0 Å². The molecule has 0 spiro atoms. The second kappa shape index (κ2) is 7.56. The molecule has 0 saturated carbocycles. The summed E-state index contributed by atoms with van der Waals surface area (Å²) in [4.78, 5) is 0. The molecule has 1 rings (SSSR count). The molecule has 0 atom stereocenters. The van der Waals surface area contributed by atoms with Crippen molar-refractivity contribution in [1.29, 1.82) is 5.26 Å². The van der Waals surface area contributed by atoms with E-state index >= 15 is 0 Å². The van der Waals surface area contributed by atoms with Crippen LogP contribution in [0.2, 0.25) is 0 Å². The molecular formula is C14H20N2O. The summed E-state index contributed by atoms with van der Waals surface area (Å²) in [5.74, 6) is 1.48. The predicted molar refractivity (Wildman–Crippen MR) is 70.1 cm³/mol. The van der Waals surface area contributed by atoms with Crippen molar-refractivity contribution >= 4 is 5.69 Å². The van der Waals surface area contributed by atoms with Crippen LogP contribution in [0.5, 0.6) is 5.75 Å². The molecule has 3 heteroatoms. The molecule has 0 fully saturated rings. The van der Waals surface area contributed by atoms with Crippen molar-refractivity contribution in [2.75, 3.05) is 18.5 Å². The SMILES string of the molecule is CC(C)CNc1cccc(OCCCC#N)c1. The first kappa shape index (κ1) is 13.4. The molecule has 0 unspecified atom stereocenters. The number of nitrogens with zero attached hydrogens (tertiary/aromatic N) is 1. The van der Waals surface area contributed by atoms with Crippen LogP contribution < -0.4 is 10.1 Å². The maximum absolute atomic E-state index is 8.41. The molecule has 1 aromatic rings. The Balaban J connectivity index is 2.40. The Kier molecular flexibility index (Phi) is 5.95. The number of rotatable bonds is 7. The van der Waals surface area contributed by atoms with Gasteiger partial charge in [0.25, 0.3) is 0 Å². The molecule has 0 heterocycles. The van der Waals surface area contributed by atoms with E-state index < -0.39 is 0 Å². The molecule has 0 aromatic heterocycles. The number of nitriles is 1. The number of hydrogen-bond acceptors (Lipinski definition) is 3. The fraction of sp³-hybridized carbons (Fsp3) is 0.500. The van der Waals surface area contributed by atoms with E-state index in [9.17, 15) is 0 Å². The van der Waals surface area contributed by atoms with E-state index in [4.69, 9.17) is 10.00 Å². The van der Waals surface area contributed by atoms with Gasteiger partial charge in [0.05, 0.1) is 12.7 Å². The third-order valence-corrected chi connectivity index (χ3v) is 2.25. The van der Waals surface area contributed by atoms with Crippen molar-refractivity contribution in [3.05, 3.63) is 24.3 Å². The average molecular weight is 232 g/mol. The summed E-state index contributed by atoms with van der Waals surface area (Å²) >= 11 is 0.